The fourth-order valence-corrected chi connectivity index (χ4v) is 3.19. The van der Waals surface area contributed by atoms with Gasteiger partial charge in [0.2, 0.25) is 5.91 Å². The SMILES string of the molecule is N#Cc1ccc(/C=N/NC(=O)c2ccc(NC(=O)C3CCCCC3)cc2)cc1. The van der Waals surface area contributed by atoms with Crippen LogP contribution in [0, 0.1) is 17.2 Å². The van der Waals surface area contributed by atoms with Gasteiger partial charge in [-0.15, -0.1) is 0 Å². The quantitative estimate of drug-likeness (QED) is 0.615. The molecule has 0 saturated heterocycles. The summed E-state index contributed by atoms with van der Waals surface area (Å²) in [6, 6.07) is 15.7. The monoisotopic (exact) mass is 374 g/mol. The average Bonchev–Trinajstić information content (AvgIpc) is 2.75. The Morgan fingerprint density at radius 1 is 1.00 bits per heavy atom. The van der Waals surface area contributed by atoms with E-state index >= 15 is 0 Å². The van der Waals surface area contributed by atoms with Crippen LogP contribution in [0.15, 0.2) is 53.6 Å². The molecule has 2 N–H and O–H groups in total. The highest BCUT2D eigenvalue weighted by atomic mass is 16.2. The number of hydrogen-bond donors (Lipinski definition) is 2. The molecule has 28 heavy (non-hydrogen) atoms. The van der Waals surface area contributed by atoms with Gasteiger partial charge in [-0.1, -0.05) is 31.4 Å². The zero-order valence-electron chi connectivity index (χ0n) is 15.5. The molecule has 0 aliphatic heterocycles. The average molecular weight is 374 g/mol. The van der Waals surface area contributed by atoms with Crippen molar-refractivity contribution in [2.45, 2.75) is 32.1 Å². The highest BCUT2D eigenvalue weighted by Crippen LogP contribution is 2.25. The molecule has 2 amide bonds. The minimum atomic E-state index is -0.338. The van der Waals surface area contributed by atoms with E-state index in [9.17, 15) is 9.59 Å². The summed E-state index contributed by atoms with van der Waals surface area (Å²) >= 11 is 0. The second-order valence-electron chi connectivity index (χ2n) is 6.83. The first kappa shape index (κ1) is 19.3. The van der Waals surface area contributed by atoms with Gasteiger partial charge in [0.15, 0.2) is 0 Å². The zero-order valence-corrected chi connectivity index (χ0v) is 15.5. The van der Waals surface area contributed by atoms with Crippen LogP contribution in [-0.4, -0.2) is 18.0 Å². The Labute approximate surface area is 164 Å². The maximum Gasteiger partial charge on any atom is 0.271 e. The molecule has 0 bridgehead atoms. The van der Waals surface area contributed by atoms with E-state index in [0.717, 1.165) is 31.2 Å². The van der Waals surface area contributed by atoms with Crippen LogP contribution in [0.25, 0.3) is 0 Å². The van der Waals surface area contributed by atoms with Gasteiger partial charge in [0.1, 0.15) is 0 Å². The summed E-state index contributed by atoms with van der Waals surface area (Å²) < 4.78 is 0. The Kier molecular flexibility index (Phi) is 6.53. The molecule has 0 unspecified atom stereocenters. The molecule has 2 aromatic rings. The molecular weight excluding hydrogens is 352 g/mol. The van der Waals surface area contributed by atoms with Gasteiger partial charge in [0.25, 0.3) is 5.91 Å². The van der Waals surface area contributed by atoms with Gasteiger partial charge in [-0.05, 0) is 54.8 Å². The van der Waals surface area contributed by atoms with Crippen LogP contribution < -0.4 is 10.7 Å². The van der Waals surface area contributed by atoms with E-state index in [-0.39, 0.29) is 17.7 Å². The lowest BCUT2D eigenvalue weighted by molar-refractivity contribution is -0.120. The summed E-state index contributed by atoms with van der Waals surface area (Å²) in [7, 11) is 0. The first-order valence-corrected chi connectivity index (χ1v) is 9.40. The lowest BCUT2D eigenvalue weighted by Gasteiger charge is -2.20. The highest BCUT2D eigenvalue weighted by molar-refractivity contribution is 5.96. The minimum Gasteiger partial charge on any atom is -0.326 e. The molecule has 0 radical (unpaired) electrons. The van der Waals surface area contributed by atoms with Crippen LogP contribution >= 0.6 is 0 Å². The summed E-state index contributed by atoms with van der Waals surface area (Å²) in [5.41, 5.74) is 4.95. The van der Waals surface area contributed by atoms with Crippen molar-refractivity contribution in [2.24, 2.45) is 11.0 Å². The number of hydrogen-bond acceptors (Lipinski definition) is 4. The van der Waals surface area contributed by atoms with Crippen molar-refractivity contribution in [3.05, 3.63) is 65.2 Å². The summed E-state index contributed by atoms with van der Waals surface area (Å²) in [4.78, 5) is 24.4. The number of carbonyl (C=O) groups is 2. The Balaban J connectivity index is 1.52. The van der Waals surface area contributed by atoms with Crippen LogP contribution in [-0.2, 0) is 4.79 Å². The second kappa shape index (κ2) is 9.47. The minimum absolute atomic E-state index is 0.0592. The number of nitrogens with one attached hydrogen (secondary N) is 2. The van der Waals surface area contributed by atoms with Gasteiger partial charge >= 0.3 is 0 Å². The van der Waals surface area contributed by atoms with Gasteiger partial charge in [-0.3, -0.25) is 9.59 Å². The molecule has 6 nitrogen and oxygen atoms in total. The number of carbonyl (C=O) groups excluding carboxylic acids is 2. The third-order valence-electron chi connectivity index (χ3n) is 4.81. The van der Waals surface area contributed by atoms with E-state index in [1.807, 2.05) is 6.07 Å². The van der Waals surface area contributed by atoms with Crippen molar-refractivity contribution >= 4 is 23.7 Å². The molecule has 0 spiro atoms. The topological polar surface area (TPSA) is 94.3 Å². The first-order chi connectivity index (χ1) is 13.7. The maximum absolute atomic E-state index is 12.3. The first-order valence-electron chi connectivity index (χ1n) is 9.40. The number of benzene rings is 2. The van der Waals surface area contributed by atoms with Gasteiger partial charge in [-0.25, -0.2) is 5.43 Å². The molecular formula is C22H22N4O2. The number of anilines is 1. The molecule has 0 aromatic heterocycles. The predicted octanol–water partition coefficient (Wildman–Crippen LogP) is 3.84. The Hall–Kier alpha value is -3.46. The molecule has 2 aromatic carbocycles. The van der Waals surface area contributed by atoms with Crippen LogP contribution in [0.2, 0.25) is 0 Å². The summed E-state index contributed by atoms with van der Waals surface area (Å²) in [5, 5.41) is 15.6. The van der Waals surface area contributed by atoms with E-state index in [0.29, 0.717) is 16.8 Å². The van der Waals surface area contributed by atoms with Crippen LogP contribution in [0.1, 0.15) is 53.6 Å². The van der Waals surface area contributed by atoms with Gasteiger partial charge in [-0.2, -0.15) is 10.4 Å². The van der Waals surface area contributed by atoms with E-state index in [1.54, 1.807) is 48.5 Å². The number of amides is 2. The van der Waals surface area contributed by atoms with Crippen LogP contribution in [0.3, 0.4) is 0 Å². The van der Waals surface area contributed by atoms with Crippen molar-refractivity contribution in [1.29, 1.82) is 5.26 Å². The molecule has 1 aliphatic carbocycles. The molecule has 142 valence electrons. The van der Waals surface area contributed by atoms with Crippen molar-refractivity contribution in [1.82, 2.24) is 5.43 Å². The van der Waals surface area contributed by atoms with Gasteiger partial charge in [0, 0.05) is 17.2 Å². The molecule has 3 rings (SSSR count). The van der Waals surface area contributed by atoms with Gasteiger partial charge < -0.3 is 5.32 Å². The Morgan fingerprint density at radius 3 is 2.32 bits per heavy atom. The van der Waals surface area contributed by atoms with Crippen molar-refractivity contribution in [3.63, 3.8) is 0 Å². The lowest BCUT2D eigenvalue weighted by Crippen LogP contribution is -2.24. The normalized spacial score (nSPS) is 14.4. The van der Waals surface area contributed by atoms with E-state index in [2.05, 4.69) is 15.8 Å². The van der Waals surface area contributed by atoms with Crippen LogP contribution in [0.4, 0.5) is 5.69 Å². The van der Waals surface area contributed by atoms with Crippen molar-refractivity contribution in [3.8, 4) is 6.07 Å². The number of rotatable bonds is 5. The fourth-order valence-electron chi connectivity index (χ4n) is 3.19. The summed E-state index contributed by atoms with van der Waals surface area (Å²) in [6.45, 7) is 0. The van der Waals surface area contributed by atoms with Gasteiger partial charge in [0.05, 0.1) is 17.8 Å². The largest absolute Gasteiger partial charge is 0.326 e. The second-order valence-corrected chi connectivity index (χ2v) is 6.83. The highest BCUT2D eigenvalue weighted by Gasteiger charge is 2.21. The zero-order chi connectivity index (χ0) is 19.8. The molecule has 0 heterocycles. The third-order valence-corrected chi connectivity index (χ3v) is 4.81. The summed E-state index contributed by atoms with van der Waals surface area (Å²) in [5.74, 6) is -0.188. The molecule has 6 heteroatoms. The number of nitriles is 1. The third kappa shape index (κ3) is 5.27. The Morgan fingerprint density at radius 2 is 1.68 bits per heavy atom. The lowest BCUT2D eigenvalue weighted by atomic mass is 9.88. The molecule has 1 saturated carbocycles. The maximum atomic E-state index is 12.3. The molecule has 0 atom stereocenters. The fraction of sp³-hybridized carbons (Fsp3) is 0.273. The summed E-state index contributed by atoms with van der Waals surface area (Å²) in [6.07, 6.45) is 6.84. The van der Waals surface area contributed by atoms with E-state index in [1.165, 1.54) is 12.6 Å². The number of nitrogens with zero attached hydrogens (tertiary/aromatic N) is 2. The predicted molar refractivity (Wildman–Crippen MR) is 108 cm³/mol. The van der Waals surface area contributed by atoms with E-state index in [4.69, 9.17) is 5.26 Å². The van der Waals surface area contributed by atoms with Crippen molar-refractivity contribution in [2.75, 3.05) is 5.32 Å². The molecule has 1 fully saturated rings. The molecule has 1 aliphatic rings. The standard InChI is InChI=1S/C22H22N4O2/c23-14-16-6-8-17(9-7-16)15-24-26-22(28)19-10-12-20(13-11-19)25-21(27)18-4-2-1-3-5-18/h6-13,15,18H,1-5H2,(H,25,27)(H,26,28)/b24-15+. The smallest absolute Gasteiger partial charge is 0.271 e. The van der Waals surface area contributed by atoms with E-state index < -0.39 is 0 Å². The number of hydrazone groups is 1. The Bertz CT molecular complexity index is 890. The van der Waals surface area contributed by atoms with Crippen LogP contribution in [0.5, 0.6) is 0 Å². The van der Waals surface area contributed by atoms with Crippen molar-refractivity contribution < 1.29 is 9.59 Å².